The van der Waals surface area contributed by atoms with Crippen LogP contribution in [0.25, 0.3) is 0 Å². The third-order valence-corrected chi connectivity index (χ3v) is 5.10. The average Bonchev–Trinajstić information content (AvgIpc) is 2.63. The van der Waals surface area contributed by atoms with Gasteiger partial charge in [0.05, 0.1) is 0 Å². The third kappa shape index (κ3) is 5.13. The Bertz CT molecular complexity index is 830. The first-order chi connectivity index (χ1) is 12.8. The van der Waals surface area contributed by atoms with E-state index in [-0.39, 0.29) is 5.96 Å². The zero-order valence-corrected chi connectivity index (χ0v) is 16.6. The molecule has 142 valence electrons. The van der Waals surface area contributed by atoms with Crippen LogP contribution in [0.2, 0.25) is 0 Å². The van der Waals surface area contributed by atoms with Gasteiger partial charge in [-0.2, -0.15) is 5.26 Å². The van der Waals surface area contributed by atoms with Crippen LogP contribution >= 0.6 is 34.8 Å². The Morgan fingerprint density at radius 3 is 2.70 bits per heavy atom. The highest BCUT2D eigenvalue weighted by atomic mass is 35.5. The van der Waals surface area contributed by atoms with Gasteiger partial charge in [-0.05, 0) is 30.2 Å². The molecule has 3 N–H and O–H groups in total. The molecule has 1 amide bonds. The highest BCUT2D eigenvalue weighted by Gasteiger charge is 2.48. The number of hydrogen-bond donors (Lipinski definition) is 3. The largest absolute Gasteiger partial charge is 0.328 e. The molecular weight excluding hydrogens is 411 g/mol. The number of carbonyl (C=O) groups excluding carboxylic acids is 1. The van der Waals surface area contributed by atoms with E-state index in [0.29, 0.717) is 5.56 Å². The van der Waals surface area contributed by atoms with E-state index in [0.717, 1.165) is 18.4 Å². The van der Waals surface area contributed by atoms with Crippen LogP contribution in [0, 0.1) is 11.5 Å². The molecule has 0 aliphatic carbocycles. The number of nitrogens with zero attached hydrogens (tertiary/aromatic N) is 3. The Labute approximate surface area is 172 Å². The Hall–Kier alpha value is -2.27. The van der Waals surface area contributed by atoms with Crippen LogP contribution in [-0.4, -0.2) is 27.5 Å². The summed E-state index contributed by atoms with van der Waals surface area (Å²) in [7, 11) is 0. The maximum atomic E-state index is 12.5. The molecule has 1 atom stereocenters. The number of amides is 1. The fourth-order valence-corrected chi connectivity index (χ4v) is 2.89. The number of halogens is 3. The van der Waals surface area contributed by atoms with Gasteiger partial charge in [0, 0.05) is 11.8 Å². The van der Waals surface area contributed by atoms with Crippen molar-refractivity contribution in [2.45, 2.75) is 29.2 Å². The van der Waals surface area contributed by atoms with Crippen LogP contribution in [0.3, 0.4) is 0 Å². The maximum Gasteiger partial charge on any atom is 0.269 e. The molecule has 2 rings (SSSR count). The van der Waals surface area contributed by atoms with E-state index >= 15 is 0 Å². The lowest BCUT2D eigenvalue weighted by atomic mass is 10.0. The lowest BCUT2D eigenvalue weighted by molar-refractivity contribution is 0.0942. The van der Waals surface area contributed by atoms with Crippen molar-refractivity contribution in [1.82, 2.24) is 16.2 Å². The zero-order valence-electron chi connectivity index (χ0n) is 14.3. The van der Waals surface area contributed by atoms with E-state index in [1.54, 1.807) is 18.3 Å². The summed E-state index contributed by atoms with van der Waals surface area (Å²) < 4.78 is -1.75. The maximum absolute atomic E-state index is 12.5. The third-order valence-electron chi connectivity index (χ3n) is 3.62. The van der Waals surface area contributed by atoms with Crippen LogP contribution in [0.4, 0.5) is 0 Å². The molecule has 27 heavy (non-hydrogen) atoms. The number of rotatable bonds is 4. The number of hydrazine groups is 1. The number of aliphatic imine (C=N–C) groups is 2. The monoisotopic (exact) mass is 426 g/mol. The average molecular weight is 428 g/mol. The Morgan fingerprint density at radius 2 is 2.04 bits per heavy atom. The van der Waals surface area contributed by atoms with Gasteiger partial charge in [0.2, 0.25) is 16.6 Å². The number of benzene rings is 1. The van der Waals surface area contributed by atoms with Gasteiger partial charge in [0.1, 0.15) is 0 Å². The molecule has 1 unspecified atom stereocenters. The van der Waals surface area contributed by atoms with Gasteiger partial charge in [-0.3, -0.25) is 20.6 Å². The number of guanidine groups is 1. The summed E-state index contributed by atoms with van der Waals surface area (Å²) in [6.45, 7) is 2.03. The molecule has 1 aromatic carbocycles. The van der Waals surface area contributed by atoms with Gasteiger partial charge in [-0.25, -0.2) is 0 Å². The van der Waals surface area contributed by atoms with Crippen LogP contribution in [0.5, 0.6) is 0 Å². The first-order valence-electron chi connectivity index (χ1n) is 8.02. The second-order valence-electron chi connectivity index (χ2n) is 5.56. The van der Waals surface area contributed by atoms with Crippen molar-refractivity contribution in [3.05, 3.63) is 47.5 Å². The number of dihydropyridines is 1. The second kappa shape index (κ2) is 9.09. The predicted octanol–water partition coefficient (Wildman–Crippen LogP) is 3.01. The summed E-state index contributed by atoms with van der Waals surface area (Å²) in [5.74, 6) is -0.545. The van der Waals surface area contributed by atoms with Gasteiger partial charge >= 0.3 is 0 Å². The number of aryl methyl sites for hydroxylation is 1. The van der Waals surface area contributed by atoms with Crippen LogP contribution in [0.15, 0.2) is 46.4 Å². The van der Waals surface area contributed by atoms with Crippen molar-refractivity contribution in [3.8, 4) is 6.19 Å². The van der Waals surface area contributed by atoms with Gasteiger partial charge in [0.25, 0.3) is 5.91 Å². The number of hydrogen-bond acceptors (Lipinski definition) is 4. The van der Waals surface area contributed by atoms with E-state index in [4.69, 9.17) is 40.1 Å². The minimum Gasteiger partial charge on any atom is -0.328 e. The summed E-state index contributed by atoms with van der Waals surface area (Å²) in [5, 5.41) is 11.6. The number of alkyl halides is 3. The quantitative estimate of drug-likeness (QED) is 0.172. The first kappa shape index (κ1) is 21.0. The molecule has 7 nitrogen and oxygen atoms in total. The van der Waals surface area contributed by atoms with E-state index in [9.17, 15) is 4.79 Å². The highest BCUT2D eigenvalue weighted by molar-refractivity contribution is 6.54. The van der Waals surface area contributed by atoms with Gasteiger partial charge in [0.15, 0.2) is 5.00 Å². The molecule has 1 heterocycles. The smallest absolute Gasteiger partial charge is 0.269 e. The molecule has 0 bridgehead atoms. The van der Waals surface area contributed by atoms with Crippen LogP contribution in [0.1, 0.15) is 29.3 Å². The van der Waals surface area contributed by atoms with Crippen molar-refractivity contribution in [2.24, 2.45) is 9.98 Å². The first-order valence-corrected chi connectivity index (χ1v) is 9.15. The molecule has 10 heteroatoms. The highest BCUT2D eigenvalue weighted by Crippen LogP contribution is 2.41. The number of nitrogens with one attached hydrogen (secondary N) is 3. The molecule has 1 aromatic rings. The normalized spacial score (nSPS) is 20.6. The lowest BCUT2D eigenvalue weighted by Gasteiger charge is -2.35. The molecular formula is C17H17Cl3N6O. The summed E-state index contributed by atoms with van der Waals surface area (Å²) in [6, 6.07) is 7.23. The minimum absolute atomic E-state index is 0.152. The molecule has 0 radical (unpaired) electrons. The van der Waals surface area contributed by atoms with Crippen molar-refractivity contribution in [3.63, 3.8) is 0 Å². The molecule has 1 aliphatic rings. The Balaban J connectivity index is 2.11. The van der Waals surface area contributed by atoms with Crippen LogP contribution in [-0.2, 0) is 6.42 Å². The van der Waals surface area contributed by atoms with Gasteiger partial charge < -0.3 is 5.32 Å². The van der Waals surface area contributed by atoms with E-state index in [1.807, 2.05) is 19.1 Å². The summed E-state index contributed by atoms with van der Waals surface area (Å²) in [6.07, 6.45) is 7.64. The van der Waals surface area contributed by atoms with Gasteiger partial charge in [-0.15, -0.1) is 4.99 Å². The minimum atomic E-state index is -1.75. The van der Waals surface area contributed by atoms with Crippen molar-refractivity contribution >= 4 is 52.9 Å². The van der Waals surface area contributed by atoms with E-state index in [2.05, 4.69) is 26.2 Å². The fourth-order valence-electron chi connectivity index (χ4n) is 2.35. The van der Waals surface area contributed by atoms with Gasteiger partial charge in [-0.1, -0.05) is 66.3 Å². The molecule has 0 fully saturated rings. The summed E-state index contributed by atoms with van der Waals surface area (Å²) in [5.41, 5.74) is 6.42. The number of carbonyl (C=O) groups is 1. The predicted molar refractivity (Wildman–Crippen MR) is 108 cm³/mol. The second-order valence-corrected chi connectivity index (χ2v) is 7.45. The summed E-state index contributed by atoms with van der Waals surface area (Å²) in [4.78, 5) is 18.3. The lowest BCUT2D eigenvalue weighted by Crippen LogP contribution is -2.59. The Morgan fingerprint density at radius 1 is 1.30 bits per heavy atom. The molecule has 1 aliphatic heterocycles. The van der Waals surface area contributed by atoms with Crippen molar-refractivity contribution in [1.29, 1.82) is 5.26 Å². The molecule has 0 saturated heterocycles. The van der Waals surface area contributed by atoms with E-state index < -0.39 is 15.4 Å². The van der Waals surface area contributed by atoms with Crippen molar-refractivity contribution < 1.29 is 4.79 Å². The topological polar surface area (TPSA) is 102 Å². The Kier molecular flexibility index (Phi) is 7.08. The fraction of sp³-hybridized carbons (Fsp3) is 0.294. The summed E-state index contributed by atoms with van der Waals surface area (Å²) >= 11 is 18.6. The number of allylic oxidation sites excluding steroid dienone is 1. The standard InChI is InChI=1S/C17H17Cl3N6O/c1-2-6-12-7-3-4-8-13(12)14(27)25-26-15(22-11-21)24-16(18)9-5-10-23-17(16,19)20/h3-5,7-10H,2,6H2,1H3,(H,25,27)(H2,22,24,26). The molecule has 0 aromatic heterocycles. The SMILES string of the molecule is CCCc1ccccc1C(=O)NNC(=NC#N)NC1(Cl)C=CC=NC1(Cl)Cl. The van der Waals surface area contributed by atoms with E-state index in [1.165, 1.54) is 18.4 Å². The van der Waals surface area contributed by atoms with Crippen molar-refractivity contribution in [2.75, 3.05) is 0 Å². The molecule has 0 spiro atoms. The van der Waals surface area contributed by atoms with Crippen LogP contribution < -0.4 is 16.2 Å². The number of nitriles is 1. The zero-order chi connectivity index (χ0) is 19.9. The molecule has 0 saturated carbocycles.